The van der Waals surface area contributed by atoms with Crippen molar-refractivity contribution in [2.75, 3.05) is 5.32 Å². The standard InChI is InChI=1S/C21H19ClN6O/c1-14-20(22)15(2)28(26-14)18-9-7-16(8-10-18)21(29)25-19-6-4-3-5-17(19)11-27-13-23-12-24-27/h3-10,12-13H,11H2,1-2H3,(H,25,29). The number of hydrogen-bond acceptors (Lipinski definition) is 4. The van der Waals surface area contributed by atoms with E-state index < -0.39 is 0 Å². The lowest BCUT2D eigenvalue weighted by Crippen LogP contribution is -2.14. The minimum Gasteiger partial charge on any atom is -0.322 e. The van der Waals surface area contributed by atoms with Crippen molar-refractivity contribution in [3.05, 3.63) is 88.7 Å². The van der Waals surface area contributed by atoms with Crippen molar-refractivity contribution in [1.29, 1.82) is 0 Å². The maximum atomic E-state index is 12.8. The molecule has 7 nitrogen and oxygen atoms in total. The molecule has 0 fully saturated rings. The molecule has 1 N–H and O–H groups in total. The Morgan fingerprint density at radius 2 is 1.86 bits per heavy atom. The molecule has 0 aliphatic heterocycles. The van der Waals surface area contributed by atoms with Gasteiger partial charge in [0.2, 0.25) is 0 Å². The molecule has 0 radical (unpaired) electrons. The van der Waals surface area contributed by atoms with Crippen LogP contribution in [-0.2, 0) is 6.54 Å². The lowest BCUT2D eigenvalue weighted by molar-refractivity contribution is 0.102. The van der Waals surface area contributed by atoms with Gasteiger partial charge in [-0.2, -0.15) is 10.2 Å². The second-order valence-electron chi connectivity index (χ2n) is 6.65. The average Bonchev–Trinajstić information content (AvgIpc) is 3.33. The molecule has 8 heteroatoms. The molecular weight excluding hydrogens is 388 g/mol. The smallest absolute Gasteiger partial charge is 0.255 e. The maximum absolute atomic E-state index is 12.8. The fraction of sp³-hybridized carbons (Fsp3) is 0.143. The molecular formula is C21H19ClN6O. The molecule has 4 rings (SSSR count). The molecule has 2 heterocycles. The number of carbonyl (C=O) groups excluding carboxylic acids is 1. The molecule has 2 aromatic carbocycles. The normalized spacial score (nSPS) is 10.9. The molecule has 0 spiro atoms. The van der Waals surface area contributed by atoms with E-state index in [1.807, 2.05) is 50.2 Å². The van der Waals surface area contributed by atoms with Gasteiger partial charge in [-0.05, 0) is 49.7 Å². The van der Waals surface area contributed by atoms with Crippen LogP contribution in [0.25, 0.3) is 5.69 Å². The van der Waals surface area contributed by atoms with Gasteiger partial charge < -0.3 is 5.32 Å². The van der Waals surface area contributed by atoms with Gasteiger partial charge in [0.15, 0.2) is 0 Å². The number of benzene rings is 2. The van der Waals surface area contributed by atoms with Crippen molar-refractivity contribution < 1.29 is 4.79 Å². The van der Waals surface area contributed by atoms with Crippen LogP contribution in [-0.4, -0.2) is 30.5 Å². The Kier molecular flexibility index (Phi) is 5.14. The molecule has 0 aliphatic carbocycles. The van der Waals surface area contributed by atoms with Gasteiger partial charge in [-0.3, -0.25) is 4.79 Å². The zero-order valence-electron chi connectivity index (χ0n) is 16.0. The number of aromatic nitrogens is 5. The Labute approximate surface area is 173 Å². The van der Waals surface area contributed by atoms with Crippen molar-refractivity contribution in [1.82, 2.24) is 24.5 Å². The van der Waals surface area contributed by atoms with E-state index in [2.05, 4.69) is 20.5 Å². The van der Waals surface area contributed by atoms with Gasteiger partial charge in [-0.1, -0.05) is 29.8 Å². The SMILES string of the molecule is Cc1nn(-c2ccc(C(=O)Nc3ccccc3Cn3cncn3)cc2)c(C)c1Cl. The zero-order valence-corrected chi connectivity index (χ0v) is 16.8. The summed E-state index contributed by atoms with van der Waals surface area (Å²) in [6.07, 6.45) is 3.13. The largest absolute Gasteiger partial charge is 0.322 e. The van der Waals surface area contributed by atoms with E-state index in [1.54, 1.807) is 27.8 Å². The summed E-state index contributed by atoms with van der Waals surface area (Å²) in [4.78, 5) is 16.7. The van der Waals surface area contributed by atoms with Gasteiger partial charge in [-0.15, -0.1) is 0 Å². The summed E-state index contributed by atoms with van der Waals surface area (Å²) in [5.41, 5.74) is 4.72. The molecule has 146 valence electrons. The fourth-order valence-electron chi connectivity index (χ4n) is 3.09. The summed E-state index contributed by atoms with van der Waals surface area (Å²) in [6, 6.07) is 14.9. The maximum Gasteiger partial charge on any atom is 0.255 e. The highest BCUT2D eigenvalue weighted by Crippen LogP contribution is 2.23. The Morgan fingerprint density at radius 3 is 2.52 bits per heavy atom. The first-order chi connectivity index (χ1) is 14.0. The summed E-state index contributed by atoms with van der Waals surface area (Å²) in [5, 5.41) is 12.2. The van der Waals surface area contributed by atoms with E-state index >= 15 is 0 Å². The van der Waals surface area contributed by atoms with Gasteiger partial charge in [0.05, 0.1) is 28.6 Å². The first-order valence-electron chi connectivity index (χ1n) is 9.07. The van der Waals surface area contributed by atoms with Crippen LogP contribution < -0.4 is 5.32 Å². The predicted molar refractivity (Wildman–Crippen MR) is 112 cm³/mol. The minimum atomic E-state index is -0.186. The van der Waals surface area contributed by atoms with Crippen molar-refractivity contribution in [3.63, 3.8) is 0 Å². The zero-order chi connectivity index (χ0) is 20.4. The van der Waals surface area contributed by atoms with E-state index in [9.17, 15) is 4.79 Å². The van der Waals surface area contributed by atoms with E-state index in [0.717, 1.165) is 28.3 Å². The molecule has 2 aromatic heterocycles. The van der Waals surface area contributed by atoms with E-state index in [0.29, 0.717) is 17.1 Å². The predicted octanol–water partition coefficient (Wildman–Crippen LogP) is 4.03. The third kappa shape index (κ3) is 3.90. The van der Waals surface area contributed by atoms with Crippen LogP contribution >= 0.6 is 11.6 Å². The first kappa shape index (κ1) is 18.9. The van der Waals surface area contributed by atoms with Crippen LogP contribution in [0.15, 0.2) is 61.2 Å². The van der Waals surface area contributed by atoms with Gasteiger partial charge >= 0.3 is 0 Å². The van der Waals surface area contributed by atoms with Crippen LogP contribution in [0.3, 0.4) is 0 Å². The minimum absolute atomic E-state index is 0.186. The topological polar surface area (TPSA) is 77.6 Å². The van der Waals surface area contributed by atoms with Crippen LogP contribution in [0.1, 0.15) is 27.3 Å². The van der Waals surface area contributed by atoms with Gasteiger partial charge in [0.25, 0.3) is 5.91 Å². The number of aryl methyl sites for hydroxylation is 1. The van der Waals surface area contributed by atoms with Crippen molar-refractivity contribution >= 4 is 23.2 Å². The number of halogens is 1. The Balaban J connectivity index is 1.53. The molecule has 1 amide bonds. The van der Waals surface area contributed by atoms with E-state index in [-0.39, 0.29) is 5.91 Å². The van der Waals surface area contributed by atoms with Crippen molar-refractivity contribution in [2.24, 2.45) is 0 Å². The van der Waals surface area contributed by atoms with Gasteiger partial charge in [-0.25, -0.2) is 14.3 Å². The monoisotopic (exact) mass is 406 g/mol. The number of rotatable bonds is 5. The van der Waals surface area contributed by atoms with Crippen molar-refractivity contribution in [3.8, 4) is 5.69 Å². The second kappa shape index (κ2) is 7.89. The lowest BCUT2D eigenvalue weighted by Gasteiger charge is -2.11. The number of carbonyl (C=O) groups is 1. The molecule has 29 heavy (non-hydrogen) atoms. The third-order valence-electron chi connectivity index (χ3n) is 4.64. The lowest BCUT2D eigenvalue weighted by atomic mass is 10.1. The number of amides is 1. The molecule has 0 bridgehead atoms. The van der Waals surface area contributed by atoms with Crippen LogP contribution in [0.2, 0.25) is 5.02 Å². The number of anilines is 1. The highest BCUT2D eigenvalue weighted by atomic mass is 35.5. The molecule has 0 unspecified atom stereocenters. The molecule has 0 saturated carbocycles. The Hall–Kier alpha value is -3.45. The summed E-state index contributed by atoms with van der Waals surface area (Å²) in [5.74, 6) is -0.186. The number of nitrogens with zero attached hydrogens (tertiary/aromatic N) is 5. The highest BCUT2D eigenvalue weighted by Gasteiger charge is 2.13. The highest BCUT2D eigenvalue weighted by molar-refractivity contribution is 6.31. The fourth-order valence-corrected chi connectivity index (χ4v) is 3.21. The van der Waals surface area contributed by atoms with Crippen LogP contribution in [0.5, 0.6) is 0 Å². The Morgan fingerprint density at radius 1 is 1.10 bits per heavy atom. The quantitative estimate of drug-likeness (QED) is 0.542. The van der Waals surface area contributed by atoms with E-state index in [1.165, 1.54) is 6.33 Å². The molecule has 0 saturated heterocycles. The van der Waals surface area contributed by atoms with E-state index in [4.69, 9.17) is 11.6 Å². The van der Waals surface area contributed by atoms with Crippen molar-refractivity contribution in [2.45, 2.75) is 20.4 Å². The summed E-state index contributed by atoms with van der Waals surface area (Å²) < 4.78 is 3.48. The van der Waals surface area contributed by atoms with Gasteiger partial charge in [0.1, 0.15) is 12.7 Å². The second-order valence-corrected chi connectivity index (χ2v) is 7.03. The molecule has 0 aliphatic rings. The number of hydrogen-bond donors (Lipinski definition) is 1. The summed E-state index contributed by atoms with van der Waals surface area (Å²) >= 11 is 6.23. The van der Waals surface area contributed by atoms with Crippen LogP contribution in [0, 0.1) is 13.8 Å². The first-order valence-corrected chi connectivity index (χ1v) is 9.44. The van der Waals surface area contributed by atoms with Gasteiger partial charge in [0, 0.05) is 11.3 Å². The third-order valence-corrected chi connectivity index (χ3v) is 5.19. The van der Waals surface area contributed by atoms with Crippen LogP contribution in [0.4, 0.5) is 5.69 Å². The Bertz CT molecular complexity index is 1150. The number of para-hydroxylation sites is 1. The summed E-state index contributed by atoms with van der Waals surface area (Å²) in [6.45, 7) is 4.30. The molecule has 4 aromatic rings. The number of nitrogens with one attached hydrogen (secondary N) is 1. The average molecular weight is 407 g/mol. The summed E-state index contributed by atoms with van der Waals surface area (Å²) in [7, 11) is 0. The molecule has 0 atom stereocenters.